The maximum atomic E-state index is 13.5. The zero-order chi connectivity index (χ0) is 19.3. The molecule has 1 aliphatic rings. The Labute approximate surface area is 162 Å². The average molecular weight is 367 g/mol. The number of Topliss-reactive ketones (excluding diaryl/α,β-unsaturated/α-hetero) is 1. The molecule has 2 aromatic rings. The predicted octanol–water partition coefficient (Wildman–Crippen LogP) is 3.48. The molecule has 0 spiro atoms. The number of carbonyl (C=O) groups is 1. The summed E-state index contributed by atoms with van der Waals surface area (Å²) in [7, 11) is 4.00. The highest BCUT2D eigenvalue weighted by atomic mass is 16.5. The van der Waals surface area contributed by atoms with Crippen molar-refractivity contribution in [2.45, 2.75) is 31.4 Å². The number of nitrogens with one attached hydrogen (secondary N) is 1. The van der Waals surface area contributed by atoms with Gasteiger partial charge in [-0.15, -0.1) is 0 Å². The van der Waals surface area contributed by atoms with Gasteiger partial charge in [0.25, 0.3) is 0 Å². The van der Waals surface area contributed by atoms with Crippen LogP contribution in [0.2, 0.25) is 0 Å². The molecule has 0 aromatic heterocycles. The average Bonchev–Trinajstić information content (AvgIpc) is 2.73. The third kappa shape index (κ3) is 4.29. The van der Waals surface area contributed by atoms with Crippen LogP contribution in [-0.2, 0) is 11.2 Å². The van der Waals surface area contributed by atoms with E-state index in [-0.39, 0.29) is 11.9 Å². The van der Waals surface area contributed by atoms with Gasteiger partial charge < -0.3 is 10.1 Å². The Hall–Kier alpha value is -2.01. The van der Waals surface area contributed by atoms with Gasteiger partial charge in [0.2, 0.25) is 0 Å². The zero-order valence-corrected chi connectivity index (χ0v) is 16.6. The number of hydrogen-bond donors (Lipinski definition) is 1. The molecule has 4 heteroatoms. The van der Waals surface area contributed by atoms with E-state index in [0.29, 0.717) is 6.42 Å². The number of likely N-dealkylation sites (N-methyl/N-ethyl adjacent to an activating group) is 1. The Balaban J connectivity index is 1.85. The van der Waals surface area contributed by atoms with Crippen molar-refractivity contribution in [3.8, 4) is 0 Å². The molecule has 2 atom stereocenters. The number of rotatable bonds is 7. The molecular weight excluding hydrogens is 336 g/mol. The van der Waals surface area contributed by atoms with Crippen molar-refractivity contribution in [2.24, 2.45) is 0 Å². The van der Waals surface area contributed by atoms with Crippen LogP contribution in [0.3, 0.4) is 0 Å². The van der Waals surface area contributed by atoms with E-state index in [2.05, 4.69) is 29.3 Å². The summed E-state index contributed by atoms with van der Waals surface area (Å²) < 4.78 is 5.81. The molecule has 1 N–H and O–H groups in total. The van der Waals surface area contributed by atoms with Crippen molar-refractivity contribution >= 4 is 5.78 Å². The molecular formula is C23H30N2O2. The first-order valence-corrected chi connectivity index (χ1v) is 9.75. The van der Waals surface area contributed by atoms with E-state index in [1.54, 1.807) is 0 Å². The lowest BCUT2D eigenvalue weighted by Crippen LogP contribution is -2.52. The van der Waals surface area contributed by atoms with E-state index in [4.69, 9.17) is 4.74 Å². The largest absolute Gasteiger partial charge is 0.371 e. The van der Waals surface area contributed by atoms with E-state index >= 15 is 0 Å². The quantitative estimate of drug-likeness (QED) is 0.762. The van der Waals surface area contributed by atoms with Crippen LogP contribution >= 0.6 is 0 Å². The third-order valence-corrected chi connectivity index (χ3v) is 5.68. The molecule has 3 rings (SSSR count). The molecule has 0 saturated carbocycles. The van der Waals surface area contributed by atoms with Crippen molar-refractivity contribution in [3.05, 3.63) is 71.3 Å². The standard InChI is InChI=1S/C23H30N2O2/c1-4-23(25(2)3,16-18-8-6-5-7-9-18)22(26)20-12-10-19(11-13-20)21-17-24-14-15-27-21/h5-13,21,24H,4,14-17H2,1-3H3. The van der Waals surface area contributed by atoms with Gasteiger partial charge in [0.1, 0.15) is 0 Å². The molecule has 0 amide bonds. The molecule has 1 saturated heterocycles. The second-order valence-electron chi connectivity index (χ2n) is 7.46. The van der Waals surface area contributed by atoms with E-state index in [0.717, 1.165) is 37.2 Å². The molecule has 0 aliphatic carbocycles. The van der Waals surface area contributed by atoms with Gasteiger partial charge in [-0.05, 0) is 38.1 Å². The number of benzene rings is 2. The number of ketones is 1. The fourth-order valence-corrected chi connectivity index (χ4v) is 3.87. The third-order valence-electron chi connectivity index (χ3n) is 5.68. The van der Waals surface area contributed by atoms with Crippen molar-refractivity contribution in [1.82, 2.24) is 10.2 Å². The fourth-order valence-electron chi connectivity index (χ4n) is 3.87. The maximum Gasteiger partial charge on any atom is 0.183 e. The minimum Gasteiger partial charge on any atom is -0.371 e. The highest BCUT2D eigenvalue weighted by Crippen LogP contribution is 2.28. The first-order valence-electron chi connectivity index (χ1n) is 9.75. The Morgan fingerprint density at radius 1 is 1.15 bits per heavy atom. The van der Waals surface area contributed by atoms with Crippen molar-refractivity contribution in [2.75, 3.05) is 33.8 Å². The maximum absolute atomic E-state index is 13.5. The van der Waals surface area contributed by atoms with E-state index < -0.39 is 5.54 Å². The van der Waals surface area contributed by atoms with Crippen molar-refractivity contribution < 1.29 is 9.53 Å². The molecule has 2 aromatic carbocycles. The molecule has 144 valence electrons. The molecule has 0 radical (unpaired) electrons. The zero-order valence-electron chi connectivity index (χ0n) is 16.6. The Bertz CT molecular complexity index is 737. The summed E-state index contributed by atoms with van der Waals surface area (Å²) in [6, 6.07) is 18.2. The van der Waals surface area contributed by atoms with Crippen LogP contribution < -0.4 is 5.32 Å². The fraction of sp³-hybridized carbons (Fsp3) is 0.435. The lowest BCUT2D eigenvalue weighted by Gasteiger charge is -2.38. The second-order valence-corrected chi connectivity index (χ2v) is 7.46. The molecule has 1 fully saturated rings. The minimum absolute atomic E-state index is 0.0667. The van der Waals surface area contributed by atoms with Gasteiger partial charge in [0.05, 0.1) is 18.2 Å². The molecule has 4 nitrogen and oxygen atoms in total. The Kier molecular flexibility index (Phi) is 6.42. The van der Waals surface area contributed by atoms with Crippen LogP contribution in [0.25, 0.3) is 0 Å². The SMILES string of the molecule is CCC(Cc1ccccc1)(C(=O)c1ccc(C2CNCCO2)cc1)N(C)C. The summed E-state index contributed by atoms with van der Waals surface area (Å²) >= 11 is 0. The van der Waals surface area contributed by atoms with Crippen LogP contribution in [0.15, 0.2) is 54.6 Å². The van der Waals surface area contributed by atoms with E-state index in [9.17, 15) is 4.79 Å². The summed E-state index contributed by atoms with van der Waals surface area (Å²) in [5.74, 6) is 0.174. The first kappa shape index (κ1) is 19.7. The number of nitrogens with zero attached hydrogens (tertiary/aromatic N) is 1. The molecule has 1 heterocycles. The lowest BCUT2D eigenvalue weighted by atomic mass is 9.80. The predicted molar refractivity (Wildman–Crippen MR) is 109 cm³/mol. The smallest absolute Gasteiger partial charge is 0.183 e. The summed E-state index contributed by atoms with van der Waals surface area (Å²) in [5, 5.41) is 3.35. The van der Waals surface area contributed by atoms with Crippen LogP contribution in [0, 0.1) is 0 Å². The second kappa shape index (κ2) is 8.79. The van der Waals surface area contributed by atoms with E-state index in [1.807, 2.05) is 56.6 Å². The topological polar surface area (TPSA) is 41.6 Å². The summed E-state index contributed by atoms with van der Waals surface area (Å²) in [4.78, 5) is 15.6. The number of morpholine rings is 1. The highest BCUT2D eigenvalue weighted by molar-refractivity contribution is 6.03. The van der Waals surface area contributed by atoms with Gasteiger partial charge >= 0.3 is 0 Å². The van der Waals surface area contributed by atoms with Gasteiger partial charge in [-0.25, -0.2) is 0 Å². The van der Waals surface area contributed by atoms with Crippen molar-refractivity contribution in [1.29, 1.82) is 0 Å². The van der Waals surface area contributed by atoms with Gasteiger partial charge in [-0.2, -0.15) is 0 Å². The van der Waals surface area contributed by atoms with Crippen LogP contribution in [0.1, 0.15) is 40.9 Å². The van der Waals surface area contributed by atoms with Gasteiger partial charge in [0.15, 0.2) is 5.78 Å². The summed E-state index contributed by atoms with van der Waals surface area (Å²) in [6.45, 7) is 4.53. The monoisotopic (exact) mass is 366 g/mol. The Morgan fingerprint density at radius 2 is 1.85 bits per heavy atom. The Morgan fingerprint density at radius 3 is 2.41 bits per heavy atom. The van der Waals surface area contributed by atoms with Crippen molar-refractivity contribution in [3.63, 3.8) is 0 Å². The number of carbonyl (C=O) groups excluding carboxylic acids is 1. The first-order chi connectivity index (χ1) is 13.1. The normalized spacial score (nSPS) is 19.6. The molecule has 0 bridgehead atoms. The number of ether oxygens (including phenoxy) is 1. The number of hydrogen-bond acceptors (Lipinski definition) is 4. The van der Waals surface area contributed by atoms with Crippen LogP contribution in [-0.4, -0.2) is 50.0 Å². The van der Waals surface area contributed by atoms with Gasteiger partial charge in [0, 0.05) is 18.7 Å². The lowest BCUT2D eigenvalue weighted by molar-refractivity contribution is 0.0277. The van der Waals surface area contributed by atoms with Gasteiger partial charge in [-0.3, -0.25) is 9.69 Å². The van der Waals surface area contributed by atoms with E-state index in [1.165, 1.54) is 5.56 Å². The minimum atomic E-state index is -0.550. The molecule has 2 unspecified atom stereocenters. The highest BCUT2D eigenvalue weighted by Gasteiger charge is 2.39. The molecule has 1 aliphatic heterocycles. The van der Waals surface area contributed by atoms with Gasteiger partial charge in [-0.1, -0.05) is 61.5 Å². The summed E-state index contributed by atoms with van der Waals surface area (Å²) in [6.07, 6.45) is 1.52. The van der Waals surface area contributed by atoms with Crippen LogP contribution in [0.5, 0.6) is 0 Å². The summed E-state index contributed by atoms with van der Waals surface area (Å²) in [5.41, 5.74) is 2.51. The molecule has 27 heavy (non-hydrogen) atoms. The van der Waals surface area contributed by atoms with Crippen LogP contribution in [0.4, 0.5) is 0 Å².